The lowest BCUT2D eigenvalue weighted by atomic mass is 9.87. The molecule has 1 aliphatic heterocycles. The van der Waals surface area contributed by atoms with Gasteiger partial charge in [0.15, 0.2) is 0 Å². The molecule has 2 atom stereocenters. The Bertz CT molecular complexity index is 283. The molecule has 1 fully saturated rings. The van der Waals surface area contributed by atoms with Crippen LogP contribution in [0.2, 0.25) is 0 Å². The Morgan fingerprint density at radius 2 is 2.11 bits per heavy atom. The first kappa shape index (κ1) is 16.5. The molecule has 1 heterocycles. The van der Waals surface area contributed by atoms with E-state index in [1.165, 1.54) is 32.2 Å². The average molecular weight is 269 g/mol. The number of hydrogen-bond acceptors (Lipinski definition) is 2. The minimum atomic E-state index is -0.655. The lowest BCUT2D eigenvalue weighted by Gasteiger charge is -2.37. The third-order valence-corrected chi connectivity index (χ3v) is 4.25. The summed E-state index contributed by atoms with van der Waals surface area (Å²) >= 11 is 0. The molecule has 0 radical (unpaired) electrons. The van der Waals surface area contributed by atoms with E-state index in [9.17, 15) is 4.79 Å². The summed E-state index contributed by atoms with van der Waals surface area (Å²) in [5.41, 5.74) is 0.409. The number of hydrogen-bond donors (Lipinski definition) is 1. The van der Waals surface area contributed by atoms with E-state index in [4.69, 9.17) is 5.11 Å². The van der Waals surface area contributed by atoms with Gasteiger partial charge in [0, 0.05) is 19.0 Å². The second kappa shape index (κ2) is 7.28. The van der Waals surface area contributed by atoms with E-state index in [2.05, 4.69) is 32.6 Å². The van der Waals surface area contributed by atoms with Gasteiger partial charge in [0.05, 0.1) is 0 Å². The fourth-order valence-corrected chi connectivity index (χ4v) is 2.89. The second-order valence-corrected chi connectivity index (χ2v) is 7.38. The summed E-state index contributed by atoms with van der Waals surface area (Å²) in [7, 11) is 0. The maximum absolute atomic E-state index is 10.7. The quantitative estimate of drug-likeness (QED) is 0.797. The van der Waals surface area contributed by atoms with E-state index in [0.29, 0.717) is 23.8 Å². The first-order valence-electron chi connectivity index (χ1n) is 7.74. The number of rotatable bonds is 6. The molecule has 1 rings (SSSR count). The van der Waals surface area contributed by atoms with Gasteiger partial charge in [-0.1, -0.05) is 20.8 Å². The molecule has 0 amide bonds. The molecule has 1 N–H and O–H groups in total. The highest BCUT2D eigenvalue weighted by molar-refractivity contribution is 5.66. The SMILES string of the molecule is CC(CCC(C)(C)C)N1CCCC(CCC(=O)O)C1. The fourth-order valence-electron chi connectivity index (χ4n) is 2.89. The van der Waals surface area contributed by atoms with Crippen LogP contribution in [0.15, 0.2) is 0 Å². The van der Waals surface area contributed by atoms with Gasteiger partial charge < -0.3 is 10.0 Å². The highest BCUT2D eigenvalue weighted by Gasteiger charge is 2.24. The molecule has 0 spiro atoms. The largest absolute Gasteiger partial charge is 0.481 e. The monoisotopic (exact) mass is 269 g/mol. The lowest BCUT2D eigenvalue weighted by molar-refractivity contribution is -0.137. The Kier molecular flexibility index (Phi) is 6.31. The van der Waals surface area contributed by atoms with Crippen molar-refractivity contribution < 1.29 is 9.90 Å². The number of likely N-dealkylation sites (tertiary alicyclic amines) is 1. The minimum Gasteiger partial charge on any atom is -0.481 e. The van der Waals surface area contributed by atoms with Crippen LogP contribution in [0.1, 0.15) is 66.2 Å². The van der Waals surface area contributed by atoms with Crippen LogP contribution in [0.3, 0.4) is 0 Å². The van der Waals surface area contributed by atoms with E-state index < -0.39 is 5.97 Å². The Morgan fingerprint density at radius 3 is 2.68 bits per heavy atom. The number of carboxylic acids is 1. The van der Waals surface area contributed by atoms with Crippen molar-refractivity contribution in [3.63, 3.8) is 0 Å². The normalized spacial score (nSPS) is 23.3. The van der Waals surface area contributed by atoms with Gasteiger partial charge in [-0.15, -0.1) is 0 Å². The van der Waals surface area contributed by atoms with Crippen LogP contribution in [-0.4, -0.2) is 35.1 Å². The van der Waals surface area contributed by atoms with Gasteiger partial charge in [-0.3, -0.25) is 4.79 Å². The van der Waals surface area contributed by atoms with Crippen molar-refractivity contribution in [3.8, 4) is 0 Å². The van der Waals surface area contributed by atoms with Crippen LogP contribution in [0, 0.1) is 11.3 Å². The van der Waals surface area contributed by atoms with Crippen molar-refractivity contribution in [1.29, 1.82) is 0 Å². The molecule has 0 aromatic carbocycles. The number of carboxylic acid groups (broad SMARTS) is 1. The van der Waals surface area contributed by atoms with Crippen molar-refractivity contribution in [1.82, 2.24) is 4.90 Å². The summed E-state index contributed by atoms with van der Waals surface area (Å²) < 4.78 is 0. The first-order valence-corrected chi connectivity index (χ1v) is 7.74. The van der Waals surface area contributed by atoms with Crippen molar-refractivity contribution in [3.05, 3.63) is 0 Å². The number of aliphatic carboxylic acids is 1. The highest BCUT2D eigenvalue weighted by Crippen LogP contribution is 2.27. The zero-order valence-electron chi connectivity index (χ0n) is 13.1. The summed E-state index contributed by atoms with van der Waals surface area (Å²) in [5.74, 6) is -0.0696. The standard InChI is InChI=1S/C16H31NO2/c1-13(9-10-16(2,3)4)17-11-5-6-14(12-17)7-8-15(18)19/h13-14H,5-12H2,1-4H3,(H,18,19). The predicted octanol–water partition coefficient (Wildman–Crippen LogP) is 3.78. The van der Waals surface area contributed by atoms with Gasteiger partial charge in [-0.25, -0.2) is 0 Å². The highest BCUT2D eigenvalue weighted by atomic mass is 16.4. The summed E-state index contributed by atoms with van der Waals surface area (Å²) in [5, 5.41) is 8.78. The van der Waals surface area contributed by atoms with E-state index in [-0.39, 0.29) is 0 Å². The molecule has 1 saturated heterocycles. The third kappa shape index (κ3) is 6.95. The van der Waals surface area contributed by atoms with Crippen LogP contribution in [-0.2, 0) is 4.79 Å². The fraction of sp³-hybridized carbons (Fsp3) is 0.938. The van der Waals surface area contributed by atoms with E-state index >= 15 is 0 Å². The molecule has 112 valence electrons. The van der Waals surface area contributed by atoms with Gasteiger partial charge in [-0.05, 0) is 56.9 Å². The lowest BCUT2D eigenvalue weighted by Crippen LogP contribution is -2.41. The van der Waals surface area contributed by atoms with Gasteiger partial charge in [-0.2, -0.15) is 0 Å². The molecule has 3 nitrogen and oxygen atoms in total. The topological polar surface area (TPSA) is 40.5 Å². The summed E-state index contributed by atoms with van der Waals surface area (Å²) in [4.78, 5) is 13.2. The molecule has 19 heavy (non-hydrogen) atoms. The number of nitrogens with zero attached hydrogens (tertiary/aromatic N) is 1. The van der Waals surface area contributed by atoms with E-state index in [1.54, 1.807) is 0 Å². The van der Waals surface area contributed by atoms with Crippen LogP contribution in [0.4, 0.5) is 0 Å². The second-order valence-electron chi connectivity index (χ2n) is 7.38. The maximum Gasteiger partial charge on any atom is 0.303 e. The van der Waals surface area contributed by atoms with Gasteiger partial charge in [0.1, 0.15) is 0 Å². The Labute approximate surface area is 118 Å². The Morgan fingerprint density at radius 1 is 1.42 bits per heavy atom. The molecule has 0 aromatic rings. The Hall–Kier alpha value is -0.570. The van der Waals surface area contributed by atoms with Crippen LogP contribution in [0.5, 0.6) is 0 Å². The van der Waals surface area contributed by atoms with Crippen LogP contribution in [0.25, 0.3) is 0 Å². The molecule has 0 aliphatic carbocycles. The van der Waals surface area contributed by atoms with Crippen LogP contribution >= 0.6 is 0 Å². The number of carbonyl (C=O) groups is 1. The maximum atomic E-state index is 10.7. The smallest absolute Gasteiger partial charge is 0.303 e. The van der Waals surface area contributed by atoms with Crippen molar-refractivity contribution in [2.75, 3.05) is 13.1 Å². The van der Waals surface area contributed by atoms with Crippen molar-refractivity contribution in [2.24, 2.45) is 11.3 Å². The molecule has 0 bridgehead atoms. The first-order chi connectivity index (χ1) is 8.78. The zero-order valence-corrected chi connectivity index (χ0v) is 13.1. The van der Waals surface area contributed by atoms with E-state index in [0.717, 1.165) is 13.0 Å². The summed E-state index contributed by atoms with van der Waals surface area (Å²) in [6.45, 7) is 11.5. The van der Waals surface area contributed by atoms with Crippen LogP contribution < -0.4 is 0 Å². The number of piperidine rings is 1. The summed E-state index contributed by atoms with van der Waals surface area (Å²) in [6.07, 6.45) is 6.10. The average Bonchev–Trinajstić information content (AvgIpc) is 2.33. The molecule has 0 saturated carbocycles. The molecule has 0 aromatic heterocycles. The van der Waals surface area contributed by atoms with Gasteiger partial charge in [0.2, 0.25) is 0 Å². The van der Waals surface area contributed by atoms with E-state index in [1.807, 2.05) is 0 Å². The zero-order chi connectivity index (χ0) is 14.5. The van der Waals surface area contributed by atoms with Crippen molar-refractivity contribution >= 4 is 5.97 Å². The summed E-state index contributed by atoms with van der Waals surface area (Å²) in [6, 6.07) is 0.631. The Balaban J connectivity index is 2.34. The molecule has 1 aliphatic rings. The minimum absolute atomic E-state index is 0.328. The molecule has 3 heteroatoms. The predicted molar refractivity (Wildman–Crippen MR) is 79.3 cm³/mol. The molecule has 2 unspecified atom stereocenters. The van der Waals surface area contributed by atoms with Gasteiger partial charge in [0.25, 0.3) is 0 Å². The molecular formula is C16H31NO2. The van der Waals surface area contributed by atoms with Crippen molar-refractivity contribution in [2.45, 2.75) is 72.3 Å². The van der Waals surface area contributed by atoms with Gasteiger partial charge >= 0.3 is 5.97 Å². The third-order valence-electron chi connectivity index (χ3n) is 4.25. The molecular weight excluding hydrogens is 238 g/mol.